The number of benzene rings is 2. The molecule has 0 saturated heterocycles. The summed E-state index contributed by atoms with van der Waals surface area (Å²) < 4.78 is 24.4. The predicted octanol–water partition coefficient (Wildman–Crippen LogP) is 3.61. The Labute approximate surface area is 140 Å². The van der Waals surface area contributed by atoms with Gasteiger partial charge in [-0.2, -0.15) is 0 Å². The van der Waals surface area contributed by atoms with Crippen LogP contribution in [-0.4, -0.2) is 25.7 Å². The van der Waals surface area contributed by atoms with E-state index in [0.29, 0.717) is 13.0 Å². The number of H-pyrrole nitrogens is 1. The molecular formula is C19H21FN2O2. The Bertz CT molecular complexity index is 844. The Morgan fingerprint density at radius 2 is 1.96 bits per heavy atom. The van der Waals surface area contributed by atoms with Gasteiger partial charge in [0, 0.05) is 23.0 Å². The fourth-order valence-corrected chi connectivity index (χ4v) is 3.08. The molecule has 1 unspecified atom stereocenters. The number of methoxy groups -OCH3 is 2. The Kier molecular flexibility index (Phi) is 4.71. The van der Waals surface area contributed by atoms with Crippen LogP contribution < -0.4 is 15.2 Å². The number of halogens is 1. The highest BCUT2D eigenvalue weighted by Gasteiger charge is 2.18. The molecule has 24 heavy (non-hydrogen) atoms. The fraction of sp³-hybridized carbons (Fsp3) is 0.263. The third-order valence-electron chi connectivity index (χ3n) is 4.35. The number of hydrogen-bond donors (Lipinski definition) is 2. The van der Waals surface area contributed by atoms with E-state index in [0.717, 1.165) is 33.5 Å². The van der Waals surface area contributed by atoms with E-state index in [2.05, 4.69) is 4.98 Å². The molecule has 0 spiro atoms. The number of hydrogen-bond acceptors (Lipinski definition) is 3. The van der Waals surface area contributed by atoms with Crippen molar-refractivity contribution in [2.45, 2.75) is 12.3 Å². The highest BCUT2D eigenvalue weighted by molar-refractivity contribution is 5.83. The zero-order valence-corrected chi connectivity index (χ0v) is 13.8. The van der Waals surface area contributed by atoms with E-state index >= 15 is 0 Å². The lowest BCUT2D eigenvalue weighted by Gasteiger charge is -2.17. The smallest absolute Gasteiger partial charge is 0.123 e. The van der Waals surface area contributed by atoms with Gasteiger partial charge in [0.1, 0.15) is 17.3 Å². The van der Waals surface area contributed by atoms with E-state index in [4.69, 9.17) is 15.2 Å². The molecular weight excluding hydrogens is 307 g/mol. The molecule has 0 amide bonds. The second kappa shape index (κ2) is 6.93. The first kappa shape index (κ1) is 16.3. The zero-order chi connectivity index (χ0) is 17.1. The maximum atomic E-state index is 13.6. The summed E-state index contributed by atoms with van der Waals surface area (Å²) in [7, 11) is 3.28. The molecule has 3 aromatic rings. The Morgan fingerprint density at radius 3 is 2.67 bits per heavy atom. The van der Waals surface area contributed by atoms with Crippen molar-refractivity contribution in [3.8, 4) is 11.5 Å². The molecule has 3 rings (SSSR count). The standard InChI is InChI=1S/C19H21FN2O2/c1-23-15-4-6-19(24-2)12(8-15)7-13(10-21)17-11-22-18-5-3-14(20)9-16(17)18/h3-6,8-9,11,13,22H,7,10,21H2,1-2H3. The van der Waals surface area contributed by atoms with Crippen LogP contribution in [0, 0.1) is 5.82 Å². The third-order valence-corrected chi connectivity index (χ3v) is 4.35. The number of aromatic amines is 1. The molecule has 1 atom stereocenters. The molecule has 3 N–H and O–H groups in total. The van der Waals surface area contributed by atoms with Crippen LogP contribution in [0.15, 0.2) is 42.6 Å². The average molecular weight is 328 g/mol. The van der Waals surface area contributed by atoms with Crippen LogP contribution in [0.3, 0.4) is 0 Å². The van der Waals surface area contributed by atoms with Gasteiger partial charge in [-0.25, -0.2) is 4.39 Å². The van der Waals surface area contributed by atoms with Gasteiger partial charge in [-0.3, -0.25) is 0 Å². The lowest BCUT2D eigenvalue weighted by atomic mass is 9.91. The van der Waals surface area contributed by atoms with Crippen LogP contribution >= 0.6 is 0 Å². The van der Waals surface area contributed by atoms with Gasteiger partial charge in [0.25, 0.3) is 0 Å². The lowest BCUT2D eigenvalue weighted by Crippen LogP contribution is -2.15. The van der Waals surface area contributed by atoms with Crippen molar-refractivity contribution in [1.29, 1.82) is 0 Å². The molecule has 0 aliphatic rings. The molecule has 5 heteroatoms. The molecule has 1 heterocycles. The van der Waals surface area contributed by atoms with Crippen LogP contribution in [0.25, 0.3) is 10.9 Å². The molecule has 0 saturated carbocycles. The molecule has 2 aromatic carbocycles. The first-order chi connectivity index (χ1) is 11.7. The van der Waals surface area contributed by atoms with Gasteiger partial charge in [-0.1, -0.05) is 0 Å². The van der Waals surface area contributed by atoms with E-state index in [1.54, 1.807) is 26.4 Å². The first-order valence-electron chi connectivity index (χ1n) is 7.83. The number of ether oxygens (including phenoxy) is 2. The van der Waals surface area contributed by atoms with Crippen molar-refractivity contribution < 1.29 is 13.9 Å². The van der Waals surface area contributed by atoms with E-state index in [9.17, 15) is 4.39 Å². The summed E-state index contributed by atoms with van der Waals surface area (Å²) in [4.78, 5) is 3.19. The average Bonchev–Trinajstić information content (AvgIpc) is 3.02. The number of nitrogens with two attached hydrogens (primary N) is 1. The quantitative estimate of drug-likeness (QED) is 0.727. The highest BCUT2D eigenvalue weighted by Crippen LogP contribution is 2.32. The van der Waals surface area contributed by atoms with Crippen molar-refractivity contribution >= 4 is 10.9 Å². The van der Waals surface area contributed by atoms with Crippen molar-refractivity contribution in [3.63, 3.8) is 0 Å². The monoisotopic (exact) mass is 328 g/mol. The Morgan fingerprint density at radius 1 is 1.12 bits per heavy atom. The topological polar surface area (TPSA) is 60.3 Å². The minimum Gasteiger partial charge on any atom is -0.497 e. The van der Waals surface area contributed by atoms with Gasteiger partial charge >= 0.3 is 0 Å². The van der Waals surface area contributed by atoms with Gasteiger partial charge in [0.05, 0.1) is 14.2 Å². The molecule has 0 aliphatic heterocycles. The molecule has 0 bridgehead atoms. The molecule has 1 aromatic heterocycles. The summed E-state index contributed by atoms with van der Waals surface area (Å²) in [5.41, 5.74) is 8.95. The number of rotatable bonds is 6. The summed E-state index contributed by atoms with van der Waals surface area (Å²) in [6.45, 7) is 0.448. The Balaban J connectivity index is 1.98. The second-order valence-corrected chi connectivity index (χ2v) is 5.75. The lowest BCUT2D eigenvalue weighted by molar-refractivity contribution is 0.397. The minimum atomic E-state index is -0.252. The van der Waals surface area contributed by atoms with Crippen LogP contribution in [0.5, 0.6) is 11.5 Å². The van der Waals surface area contributed by atoms with Crippen LogP contribution in [0.1, 0.15) is 17.0 Å². The van der Waals surface area contributed by atoms with Gasteiger partial charge in [-0.05, 0) is 60.5 Å². The SMILES string of the molecule is COc1ccc(OC)c(CC(CN)c2c[nH]c3ccc(F)cc23)c1. The number of aromatic nitrogens is 1. The maximum Gasteiger partial charge on any atom is 0.123 e. The molecule has 0 aliphatic carbocycles. The Hall–Kier alpha value is -2.53. The van der Waals surface area contributed by atoms with Gasteiger partial charge in [0.15, 0.2) is 0 Å². The van der Waals surface area contributed by atoms with Gasteiger partial charge in [-0.15, -0.1) is 0 Å². The summed E-state index contributed by atoms with van der Waals surface area (Å²) in [6.07, 6.45) is 2.59. The summed E-state index contributed by atoms with van der Waals surface area (Å²) in [5, 5.41) is 0.868. The summed E-state index contributed by atoms with van der Waals surface area (Å²) in [5.74, 6) is 1.35. The highest BCUT2D eigenvalue weighted by atomic mass is 19.1. The van der Waals surface area contributed by atoms with Crippen molar-refractivity contribution in [3.05, 3.63) is 59.5 Å². The second-order valence-electron chi connectivity index (χ2n) is 5.75. The van der Waals surface area contributed by atoms with E-state index in [-0.39, 0.29) is 11.7 Å². The van der Waals surface area contributed by atoms with E-state index in [1.807, 2.05) is 24.4 Å². The number of fused-ring (bicyclic) bond motifs is 1. The first-order valence-corrected chi connectivity index (χ1v) is 7.83. The normalized spacial score (nSPS) is 12.3. The van der Waals surface area contributed by atoms with Gasteiger partial charge < -0.3 is 20.2 Å². The zero-order valence-electron chi connectivity index (χ0n) is 13.8. The van der Waals surface area contributed by atoms with Crippen molar-refractivity contribution in [2.75, 3.05) is 20.8 Å². The molecule has 0 fully saturated rings. The van der Waals surface area contributed by atoms with Gasteiger partial charge in [0.2, 0.25) is 0 Å². The van der Waals surface area contributed by atoms with Crippen molar-refractivity contribution in [2.24, 2.45) is 5.73 Å². The van der Waals surface area contributed by atoms with Crippen LogP contribution in [0.2, 0.25) is 0 Å². The fourth-order valence-electron chi connectivity index (χ4n) is 3.08. The van der Waals surface area contributed by atoms with Crippen molar-refractivity contribution in [1.82, 2.24) is 4.98 Å². The molecule has 0 radical (unpaired) electrons. The third kappa shape index (κ3) is 3.08. The molecule has 126 valence electrons. The summed E-state index contributed by atoms with van der Waals surface area (Å²) in [6, 6.07) is 10.4. The summed E-state index contributed by atoms with van der Waals surface area (Å²) >= 11 is 0. The van der Waals surface area contributed by atoms with E-state index in [1.165, 1.54) is 6.07 Å². The number of nitrogens with one attached hydrogen (secondary N) is 1. The minimum absolute atomic E-state index is 0.0431. The van der Waals surface area contributed by atoms with Crippen LogP contribution in [0.4, 0.5) is 4.39 Å². The van der Waals surface area contributed by atoms with E-state index < -0.39 is 0 Å². The largest absolute Gasteiger partial charge is 0.497 e. The van der Waals surface area contributed by atoms with Crippen LogP contribution in [-0.2, 0) is 6.42 Å². The predicted molar refractivity (Wildman–Crippen MR) is 93.3 cm³/mol. The molecule has 4 nitrogen and oxygen atoms in total. The maximum absolute atomic E-state index is 13.6.